The lowest BCUT2D eigenvalue weighted by molar-refractivity contribution is -0.145. The zero-order valence-corrected chi connectivity index (χ0v) is 23.0. The molecule has 9 heteroatoms. The number of carbonyl (C=O) groups is 4. The Kier molecular flexibility index (Phi) is 12.4. The molecule has 1 rings (SSSR count). The molecule has 1 aromatic carbocycles. The molecular weight excluding hydrogens is 462 g/mol. The first-order valence-electron chi connectivity index (χ1n) is 12.5. The van der Waals surface area contributed by atoms with Crippen molar-refractivity contribution < 1.29 is 28.7 Å². The minimum Gasteiger partial charge on any atom is -0.468 e. The highest BCUT2D eigenvalue weighted by Gasteiger charge is 2.37. The van der Waals surface area contributed by atoms with Crippen molar-refractivity contribution in [3.63, 3.8) is 0 Å². The van der Waals surface area contributed by atoms with E-state index in [2.05, 4.69) is 15.4 Å². The van der Waals surface area contributed by atoms with Gasteiger partial charge in [-0.2, -0.15) is 0 Å². The van der Waals surface area contributed by atoms with E-state index in [1.807, 2.05) is 45.9 Å². The second-order valence-electron chi connectivity index (χ2n) is 10.2. The van der Waals surface area contributed by atoms with Crippen LogP contribution in [-0.4, -0.2) is 60.6 Å². The van der Waals surface area contributed by atoms with E-state index in [0.717, 1.165) is 18.4 Å². The van der Waals surface area contributed by atoms with Gasteiger partial charge in [-0.1, -0.05) is 63.4 Å². The first-order valence-corrected chi connectivity index (χ1v) is 12.5. The molecule has 2 N–H and O–H groups in total. The van der Waals surface area contributed by atoms with Gasteiger partial charge in [-0.05, 0) is 45.6 Å². The maximum Gasteiger partial charge on any atom is 0.408 e. The van der Waals surface area contributed by atoms with E-state index >= 15 is 0 Å². The van der Waals surface area contributed by atoms with Crippen LogP contribution in [0.2, 0.25) is 0 Å². The van der Waals surface area contributed by atoms with Gasteiger partial charge in [0.05, 0.1) is 7.11 Å². The number of carbonyl (C=O) groups excluding carboxylic acids is 4. The van der Waals surface area contributed by atoms with E-state index in [1.54, 1.807) is 26.8 Å². The van der Waals surface area contributed by atoms with E-state index in [-0.39, 0.29) is 12.5 Å². The van der Waals surface area contributed by atoms with Gasteiger partial charge in [-0.3, -0.25) is 14.4 Å². The molecule has 0 aliphatic rings. The van der Waals surface area contributed by atoms with Crippen molar-refractivity contribution in [1.29, 1.82) is 0 Å². The topological polar surface area (TPSA) is 114 Å². The first kappa shape index (κ1) is 30.9. The molecule has 36 heavy (non-hydrogen) atoms. The van der Waals surface area contributed by atoms with Gasteiger partial charge in [0.2, 0.25) is 11.8 Å². The quantitative estimate of drug-likeness (QED) is 0.329. The minimum atomic E-state index is -0.999. The molecule has 2 atom stereocenters. The standard InChI is InChI=1S/C27H43N3O6/c1-9-10-11-15-30(25(33)22(18(2)3)29-26(34)36-27(5,6)7)23(20-14-12-13-19(4)16-20)24(32)28-17-21(31)35-8/h12-14,16,18,22-23H,9-11,15,17H2,1-8H3,(H,28,32)(H,29,34). The summed E-state index contributed by atoms with van der Waals surface area (Å²) in [5, 5.41) is 5.30. The smallest absolute Gasteiger partial charge is 0.408 e. The number of amides is 3. The molecule has 0 aliphatic carbocycles. The molecule has 0 saturated carbocycles. The van der Waals surface area contributed by atoms with Gasteiger partial charge in [-0.25, -0.2) is 4.79 Å². The monoisotopic (exact) mass is 505 g/mol. The second kappa shape index (κ2) is 14.5. The highest BCUT2D eigenvalue weighted by molar-refractivity contribution is 5.93. The van der Waals surface area contributed by atoms with Crippen LogP contribution < -0.4 is 10.6 Å². The average Bonchev–Trinajstić information content (AvgIpc) is 2.78. The maximum absolute atomic E-state index is 14.0. The third-order valence-corrected chi connectivity index (χ3v) is 5.44. The number of methoxy groups -OCH3 is 1. The molecule has 0 aromatic heterocycles. The van der Waals surface area contributed by atoms with Crippen LogP contribution in [0, 0.1) is 12.8 Å². The molecule has 1 aromatic rings. The molecule has 3 amide bonds. The van der Waals surface area contributed by atoms with Gasteiger partial charge >= 0.3 is 12.1 Å². The predicted molar refractivity (Wildman–Crippen MR) is 138 cm³/mol. The summed E-state index contributed by atoms with van der Waals surface area (Å²) < 4.78 is 10.0. The highest BCUT2D eigenvalue weighted by Crippen LogP contribution is 2.25. The molecule has 0 radical (unpaired) electrons. The summed E-state index contributed by atoms with van der Waals surface area (Å²) >= 11 is 0. The molecule has 0 spiro atoms. The van der Waals surface area contributed by atoms with Crippen molar-refractivity contribution in [2.24, 2.45) is 5.92 Å². The number of benzene rings is 1. The Morgan fingerprint density at radius 2 is 1.75 bits per heavy atom. The van der Waals surface area contributed by atoms with Crippen LogP contribution in [0.3, 0.4) is 0 Å². The number of hydrogen-bond acceptors (Lipinski definition) is 6. The van der Waals surface area contributed by atoms with Crippen LogP contribution in [-0.2, 0) is 23.9 Å². The number of ether oxygens (including phenoxy) is 2. The summed E-state index contributed by atoms with van der Waals surface area (Å²) in [6, 6.07) is 5.42. The van der Waals surface area contributed by atoms with Gasteiger partial charge in [0.25, 0.3) is 0 Å². The van der Waals surface area contributed by atoms with E-state index in [4.69, 9.17) is 4.74 Å². The molecule has 0 bridgehead atoms. The van der Waals surface area contributed by atoms with Crippen molar-refractivity contribution in [2.45, 2.75) is 85.4 Å². The molecule has 0 heterocycles. The number of nitrogens with one attached hydrogen (secondary N) is 2. The van der Waals surface area contributed by atoms with Gasteiger partial charge in [-0.15, -0.1) is 0 Å². The van der Waals surface area contributed by atoms with E-state index in [9.17, 15) is 19.2 Å². The lowest BCUT2D eigenvalue weighted by Gasteiger charge is -2.35. The van der Waals surface area contributed by atoms with Crippen LogP contribution in [0.4, 0.5) is 4.79 Å². The van der Waals surface area contributed by atoms with Gasteiger partial charge < -0.3 is 25.0 Å². The highest BCUT2D eigenvalue weighted by atomic mass is 16.6. The summed E-state index contributed by atoms with van der Waals surface area (Å²) in [5.41, 5.74) is 0.807. The molecule has 2 unspecified atom stereocenters. The Hall–Kier alpha value is -3.10. The Bertz CT molecular complexity index is 894. The summed E-state index contributed by atoms with van der Waals surface area (Å²) in [6.07, 6.45) is 1.76. The zero-order valence-electron chi connectivity index (χ0n) is 23.0. The lowest BCUT2D eigenvalue weighted by Crippen LogP contribution is -2.55. The summed E-state index contributed by atoms with van der Waals surface area (Å²) in [4.78, 5) is 53.1. The molecule has 0 saturated heterocycles. The van der Waals surface area contributed by atoms with Crippen molar-refractivity contribution in [3.05, 3.63) is 35.4 Å². The Balaban J connectivity index is 3.44. The van der Waals surface area contributed by atoms with Crippen LogP contribution in [0.5, 0.6) is 0 Å². The van der Waals surface area contributed by atoms with E-state index in [0.29, 0.717) is 18.5 Å². The van der Waals surface area contributed by atoms with Crippen molar-refractivity contribution in [2.75, 3.05) is 20.2 Å². The van der Waals surface area contributed by atoms with Crippen molar-refractivity contribution in [3.8, 4) is 0 Å². The predicted octanol–water partition coefficient (Wildman–Crippen LogP) is 3.89. The van der Waals surface area contributed by atoms with Crippen LogP contribution in [0.15, 0.2) is 24.3 Å². The summed E-state index contributed by atoms with van der Waals surface area (Å²) in [6.45, 7) is 12.8. The number of aryl methyl sites for hydroxylation is 1. The maximum atomic E-state index is 14.0. The number of nitrogens with zero attached hydrogens (tertiary/aromatic N) is 1. The molecular formula is C27H43N3O6. The lowest BCUT2D eigenvalue weighted by atomic mass is 9.97. The summed E-state index contributed by atoms with van der Waals surface area (Å²) in [5.74, 6) is -1.76. The fourth-order valence-electron chi connectivity index (χ4n) is 3.67. The number of alkyl carbamates (subject to hydrolysis) is 1. The number of esters is 1. The van der Waals surface area contributed by atoms with E-state index < -0.39 is 41.6 Å². The fraction of sp³-hybridized carbons (Fsp3) is 0.630. The number of unbranched alkanes of at least 4 members (excludes halogenated alkanes) is 2. The Labute approximate surface area is 215 Å². The van der Waals surface area contributed by atoms with Crippen LogP contribution in [0.25, 0.3) is 0 Å². The second-order valence-corrected chi connectivity index (χ2v) is 10.2. The average molecular weight is 506 g/mol. The van der Waals surface area contributed by atoms with Gasteiger partial charge in [0.1, 0.15) is 24.2 Å². The van der Waals surface area contributed by atoms with Crippen LogP contribution >= 0.6 is 0 Å². The molecule has 202 valence electrons. The van der Waals surface area contributed by atoms with Crippen molar-refractivity contribution >= 4 is 23.9 Å². The Morgan fingerprint density at radius 3 is 2.28 bits per heavy atom. The Morgan fingerprint density at radius 1 is 1.08 bits per heavy atom. The third-order valence-electron chi connectivity index (χ3n) is 5.44. The zero-order chi connectivity index (χ0) is 27.5. The molecule has 0 aliphatic heterocycles. The van der Waals surface area contributed by atoms with Crippen molar-refractivity contribution in [1.82, 2.24) is 15.5 Å². The fourth-order valence-corrected chi connectivity index (χ4v) is 3.67. The van der Waals surface area contributed by atoms with Gasteiger partial charge in [0.15, 0.2) is 0 Å². The minimum absolute atomic E-state index is 0.269. The first-order chi connectivity index (χ1) is 16.8. The van der Waals surface area contributed by atoms with Gasteiger partial charge in [0, 0.05) is 6.54 Å². The third kappa shape index (κ3) is 10.3. The number of hydrogen-bond donors (Lipinski definition) is 2. The number of rotatable bonds is 12. The van der Waals surface area contributed by atoms with Crippen LogP contribution in [0.1, 0.15) is 78.0 Å². The SMILES string of the molecule is CCCCCN(C(=O)C(NC(=O)OC(C)(C)C)C(C)C)C(C(=O)NCC(=O)OC)c1cccc(C)c1. The molecule has 0 fully saturated rings. The summed E-state index contributed by atoms with van der Waals surface area (Å²) in [7, 11) is 1.24. The van der Waals surface area contributed by atoms with E-state index in [1.165, 1.54) is 12.0 Å². The normalized spacial score (nSPS) is 12.9. The largest absolute Gasteiger partial charge is 0.468 e. The molecule has 9 nitrogen and oxygen atoms in total.